The zero-order valence-corrected chi connectivity index (χ0v) is 13.9. The maximum Gasteiger partial charge on any atom is 0.219 e. The molecule has 1 saturated carbocycles. The maximum atomic E-state index is 6.24. The second kappa shape index (κ2) is 6.24. The lowest BCUT2D eigenvalue weighted by atomic mass is 10.3. The van der Waals surface area contributed by atoms with Crippen LogP contribution in [0.3, 0.4) is 0 Å². The highest BCUT2D eigenvalue weighted by molar-refractivity contribution is 9.10. The molecule has 0 amide bonds. The average molecular weight is 369 g/mol. The fourth-order valence-corrected chi connectivity index (χ4v) is 2.26. The highest BCUT2D eigenvalue weighted by Gasteiger charge is 2.22. The van der Waals surface area contributed by atoms with Gasteiger partial charge in [0, 0.05) is 22.8 Å². The van der Waals surface area contributed by atoms with Gasteiger partial charge in [0.15, 0.2) is 0 Å². The van der Waals surface area contributed by atoms with Crippen molar-refractivity contribution in [3.63, 3.8) is 0 Å². The van der Waals surface area contributed by atoms with E-state index in [4.69, 9.17) is 21.1 Å². The highest BCUT2D eigenvalue weighted by atomic mass is 79.9. The zero-order chi connectivity index (χ0) is 14.8. The number of rotatable bonds is 5. The molecule has 0 bridgehead atoms. The SMILES string of the molecule is Cc1cc(Oc2ccc(OCC3CC3)cc2Cl)ncc1Br. The average Bonchev–Trinajstić information content (AvgIpc) is 3.27. The summed E-state index contributed by atoms with van der Waals surface area (Å²) in [5, 5.41) is 0.519. The van der Waals surface area contributed by atoms with Crippen LogP contribution in [0.15, 0.2) is 34.9 Å². The van der Waals surface area contributed by atoms with Crippen molar-refractivity contribution in [3.8, 4) is 17.4 Å². The van der Waals surface area contributed by atoms with E-state index in [1.54, 1.807) is 12.3 Å². The Balaban J connectivity index is 1.70. The van der Waals surface area contributed by atoms with E-state index in [1.807, 2.05) is 25.1 Å². The molecule has 1 aromatic carbocycles. The van der Waals surface area contributed by atoms with Gasteiger partial charge >= 0.3 is 0 Å². The van der Waals surface area contributed by atoms with E-state index in [0.717, 1.165) is 28.3 Å². The molecule has 0 spiro atoms. The molecule has 1 aliphatic rings. The van der Waals surface area contributed by atoms with Gasteiger partial charge in [0.2, 0.25) is 5.88 Å². The molecule has 2 aromatic rings. The molecule has 1 fully saturated rings. The summed E-state index contributed by atoms with van der Waals surface area (Å²) >= 11 is 9.65. The standard InChI is InChI=1S/C16H15BrClNO2/c1-10-6-16(19-8-13(10)17)21-15-5-4-12(7-14(15)18)20-9-11-2-3-11/h4-8,11H,2-3,9H2,1H3. The van der Waals surface area contributed by atoms with Crippen molar-refractivity contribution in [1.29, 1.82) is 0 Å². The van der Waals surface area contributed by atoms with Crippen molar-refractivity contribution in [2.45, 2.75) is 19.8 Å². The number of benzene rings is 1. The van der Waals surface area contributed by atoms with Gasteiger partial charge in [0.1, 0.15) is 11.5 Å². The zero-order valence-electron chi connectivity index (χ0n) is 11.6. The number of ether oxygens (including phenoxy) is 2. The number of halogens is 2. The smallest absolute Gasteiger partial charge is 0.219 e. The third-order valence-electron chi connectivity index (χ3n) is 3.32. The Morgan fingerprint density at radius 1 is 1.33 bits per heavy atom. The molecule has 5 heteroatoms. The van der Waals surface area contributed by atoms with Crippen LogP contribution in [-0.4, -0.2) is 11.6 Å². The van der Waals surface area contributed by atoms with Gasteiger partial charge in [-0.05, 0) is 59.3 Å². The van der Waals surface area contributed by atoms with Crippen molar-refractivity contribution in [2.75, 3.05) is 6.61 Å². The number of pyridine rings is 1. The van der Waals surface area contributed by atoms with E-state index >= 15 is 0 Å². The first kappa shape index (κ1) is 14.7. The summed E-state index contributed by atoms with van der Waals surface area (Å²) in [6.07, 6.45) is 4.25. The van der Waals surface area contributed by atoms with Crippen molar-refractivity contribution >= 4 is 27.5 Å². The molecule has 110 valence electrons. The summed E-state index contributed by atoms with van der Waals surface area (Å²) in [4.78, 5) is 4.21. The first-order valence-corrected chi connectivity index (χ1v) is 8.01. The Kier molecular flexibility index (Phi) is 4.36. The van der Waals surface area contributed by atoms with E-state index in [9.17, 15) is 0 Å². The quantitative estimate of drug-likeness (QED) is 0.709. The molecule has 1 aliphatic carbocycles. The number of aryl methyl sites for hydroxylation is 1. The van der Waals surface area contributed by atoms with Crippen LogP contribution in [0.2, 0.25) is 5.02 Å². The molecule has 0 unspecified atom stereocenters. The van der Waals surface area contributed by atoms with Crippen LogP contribution in [0.5, 0.6) is 17.4 Å². The molecule has 21 heavy (non-hydrogen) atoms. The van der Waals surface area contributed by atoms with Crippen molar-refractivity contribution in [1.82, 2.24) is 4.98 Å². The summed E-state index contributed by atoms with van der Waals surface area (Å²) in [5.74, 6) is 2.59. The fraction of sp³-hybridized carbons (Fsp3) is 0.312. The van der Waals surface area contributed by atoms with Crippen LogP contribution in [0.4, 0.5) is 0 Å². The minimum atomic E-state index is 0.518. The lowest BCUT2D eigenvalue weighted by Crippen LogP contribution is -1.99. The van der Waals surface area contributed by atoms with E-state index in [1.165, 1.54) is 12.8 Å². The Hall–Kier alpha value is -1.26. The van der Waals surface area contributed by atoms with Gasteiger partial charge in [0.05, 0.1) is 11.6 Å². The van der Waals surface area contributed by atoms with Gasteiger partial charge < -0.3 is 9.47 Å². The van der Waals surface area contributed by atoms with Crippen LogP contribution in [0, 0.1) is 12.8 Å². The van der Waals surface area contributed by atoms with Crippen molar-refractivity contribution in [3.05, 3.63) is 45.5 Å². The second-order valence-corrected chi connectivity index (χ2v) is 6.48. The number of aromatic nitrogens is 1. The molecular formula is C16H15BrClNO2. The first-order valence-electron chi connectivity index (χ1n) is 6.84. The molecule has 3 rings (SSSR count). The van der Waals surface area contributed by atoms with E-state index in [0.29, 0.717) is 16.7 Å². The molecule has 3 nitrogen and oxygen atoms in total. The minimum absolute atomic E-state index is 0.518. The Bertz CT molecular complexity index is 659. The summed E-state index contributed by atoms with van der Waals surface area (Å²) in [6, 6.07) is 7.32. The number of nitrogens with zero attached hydrogens (tertiary/aromatic N) is 1. The van der Waals surface area contributed by atoms with Crippen LogP contribution in [-0.2, 0) is 0 Å². The number of hydrogen-bond donors (Lipinski definition) is 0. The molecule has 1 heterocycles. The first-order chi connectivity index (χ1) is 10.1. The monoisotopic (exact) mass is 367 g/mol. The van der Waals surface area contributed by atoms with E-state index in [2.05, 4.69) is 20.9 Å². The van der Waals surface area contributed by atoms with Crippen molar-refractivity contribution < 1.29 is 9.47 Å². The van der Waals surface area contributed by atoms with Crippen LogP contribution in [0.25, 0.3) is 0 Å². The molecule has 1 aromatic heterocycles. The van der Waals surface area contributed by atoms with Gasteiger partial charge in [-0.15, -0.1) is 0 Å². The number of hydrogen-bond acceptors (Lipinski definition) is 3. The van der Waals surface area contributed by atoms with E-state index < -0.39 is 0 Å². The molecular weight excluding hydrogens is 354 g/mol. The molecule has 0 radical (unpaired) electrons. The summed E-state index contributed by atoms with van der Waals surface area (Å²) < 4.78 is 12.4. The lowest BCUT2D eigenvalue weighted by molar-refractivity contribution is 0.299. The van der Waals surface area contributed by atoms with Gasteiger partial charge in [-0.2, -0.15) is 0 Å². The largest absolute Gasteiger partial charge is 0.493 e. The molecule has 0 aliphatic heterocycles. The molecule has 0 saturated heterocycles. The van der Waals surface area contributed by atoms with Gasteiger partial charge in [-0.1, -0.05) is 11.6 Å². The third-order valence-corrected chi connectivity index (χ3v) is 4.45. The Morgan fingerprint density at radius 3 is 2.81 bits per heavy atom. The fourth-order valence-electron chi connectivity index (χ4n) is 1.83. The topological polar surface area (TPSA) is 31.4 Å². The van der Waals surface area contributed by atoms with Crippen molar-refractivity contribution in [2.24, 2.45) is 5.92 Å². The van der Waals surface area contributed by atoms with Crippen LogP contribution < -0.4 is 9.47 Å². The lowest BCUT2D eigenvalue weighted by Gasteiger charge is -2.10. The maximum absolute atomic E-state index is 6.24. The Labute approximate surface area is 137 Å². The predicted molar refractivity (Wildman–Crippen MR) is 86.4 cm³/mol. The highest BCUT2D eigenvalue weighted by Crippen LogP contribution is 2.34. The van der Waals surface area contributed by atoms with Crippen LogP contribution in [0.1, 0.15) is 18.4 Å². The molecule has 0 atom stereocenters. The second-order valence-electron chi connectivity index (χ2n) is 5.22. The normalized spacial score (nSPS) is 14.0. The van der Waals surface area contributed by atoms with Gasteiger partial charge in [0.25, 0.3) is 0 Å². The molecule has 0 N–H and O–H groups in total. The minimum Gasteiger partial charge on any atom is -0.493 e. The summed E-state index contributed by atoms with van der Waals surface area (Å²) in [5.41, 5.74) is 1.06. The van der Waals surface area contributed by atoms with Gasteiger partial charge in [-0.3, -0.25) is 0 Å². The Morgan fingerprint density at radius 2 is 2.14 bits per heavy atom. The van der Waals surface area contributed by atoms with E-state index in [-0.39, 0.29) is 0 Å². The predicted octanol–water partition coefficient (Wildman–Crippen LogP) is 5.39. The van der Waals surface area contributed by atoms with Crippen LogP contribution >= 0.6 is 27.5 Å². The third kappa shape index (κ3) is 3.89. The summed E-state index contributed by atoms with van der Waals surface area (Å²) in [6.45, 7) is 2.75. The van der Waals surface area contributed by atoms with Gasteiger partial charge in [-0.25, -0.2) is 4.98 Å². The summed E-state index contributed by atoms with van der Waals surface area (Å²) in [7, 11) is 0.